The minimum atomic E-state index is -0.552. The Labute approximate surface area is 117 Å². The average Bonchev–Trinajstić information content (AvgIpc) is 2.65. The normalized spacial score (nSPS) is 19.0. The standard InChI is InChI=1S/C14H18N2O4/c1-5-20-13(19)10-8-6-14(2,3)9(7-17)12(18)11(8)16(4)15-10/h7,17H,5-6H2,1-4H3/b9-7+. The highest BCUT2D eigenvalue weighted by molar-refractivity contribution is 6.11. The fourth-order valence-electron chi connectivity index (χ4n) is 2.59. The number of esters is 1. The van der Waals surface area contributed by atoms with E-state index in [1.54, 1.807) is 14.0 Å². The molecule has 6 nitrogen and oxygen atoms in total. The third-order valence-corrected chi connectivity index (χ3v) is 3.55. The number of allylic oxidation sites excluding steroid dienone is 1. The summed E-state index contributed by atoms with van der Waals surface area (Å²) < 4.78 is 6.35. The Morgan fingerprint density at radius 2 is 2.20 bits per heavy atom. The number of hydrogen-bond donors (Lipinski definition) is 1. The molecule has 0 aromatic carbocycles. The van der Waals surface area contributed by atoms with E-state index in [-0.39, 0.29) is 18.1 Å². The molecule has 1 N–H and O–H groups in total. The number of hydrogen-bond acceptors (Lipinski definition) is 5. The lowest BCUT2D eigenvalue weighted by atomic mass is 9.71. The van der Waals surface area contributed by atoms with Crippen molar-refractivity contribution in [3.63, 3.8) is 0 Å². The lowest BCUT2D eigenvalue weighted by Crippen LogP contribution is -2.32. The first kappa shape index (κ1) is 14.3. The Balaban J connectivity index is 2.60. The van der Waals surface area contributed by atoms with Gasteiger partial charge in [0, 0.05) is 23.6 Å². The SMILES string of the molecule is CCOC(=O)c1nn(C)c2c1CC(C)(C)/C(=C/O)C2=O. The molecular formula is C14H18N2O4. The zero-order valence-electron chi connectivity index (χ0n) is 12.1. The third kappa shape index (κ3) is 2.01. The predicted molar refractivity (Wildman–Crippen MR) is 71.7 cm³/mol. The highest BCUT2D eigenvalue weighted by Crippen LogP contribution is 2.40. The van der Waals surface area contributed by atoms with Crippen molar-refractivity contribution in [1.82, 2.24) is 9.78 Å². The maximum absolute atomic E-state index is 12.4. The third-order valence-electron chi connectivity index (χ3n) is 3.55. The molecule has 1 aromatic heterocycles. The molecule has 0 aliphatic heterocycles. The van der Waals surface area contributed by atoms with Crippen molar-refractivity contribution in [2.45, 2.75) is 27.2 Å². The summed E-state index contributed by atoms with van der Waals surface area (Å²) in [7, 11) is 1.60. The molecule has 0 fully saturated rings. The van der Waals surface area contributed by atoms with Crippen LogP contribution >= 0.6 is 0 Å². The van der Waals surface area contributed by atoms with Crippen LogP contribution in [0.5, 0.6) is 0 Å². The molecule has 0 spiro atoms. The van der Waals surface area contributed by atoms with Crippen LogP contribution in [-0.4, -0.2) is 33.2 Å². The molecule has 1 heterocycles. The maximum Gasteiger partial charge on any atom is 0.359 e. The second kappa shape index (κ2) is 4.77. The predicted octanol–water partition coefficient (Wildman–Crippen LogP) is 1.80. The van der Waals surface area contributed by atoms with E-state index < -0.39 is 11.4 Å². The number of aryl methyl sites for hydroxylation is 1. The number of ether oxygens (including phenoxy) is 1. The van der Waals surface area contributed by atoms with Crippen molar-refractivity contribution in [3.8, 4) is 0 Å². The second-order valence-corrected chi connectivity index (χ2v) is 5.45. The number of Topliss-reactive ketones (excluding diaryl/α,β-unsaturated/α-hetero) is 1. The average molecular weight is 278 g/mol. The van der Waals surface area contributed by atoms with Gasteiger partial charge in [-0.2, -0.15) is 5.10 Å². The van der Waals surface area contributed by atoms with Gasteiger partial charge in [0.2, 0.25) is 5.78 Å². The summed E-state index contributed by atoms with van der Waals surface area (Å²) in [6.07, 6.45) is 1.30. The first-order valence-corrected chi connectivity index (χ1v) is 6.46. The van der Waals surface area contributed by atoms with Crippen molar-refractivity contribution in [3.05, 3.63) is 28.8 Å². The molecule has 0 unspecified atom stereocenters. The van der Waals surface area contributed by atoms with Crippen LogP contribution in [0.15, 0.2) is 11.8 Å². The van der Waals surface area contributed by atoms with E-state index in [0.29, 0.717) is 23.3 Å². The second-order valence-electron chi connectivity index (χ2n) is 5.45. The van der Waals surface area contributed by atoms with Crippen LogP contribution in [0, 0.1) is 5.41 Å². The van der Waals surface area contributed by atoms with Crippen molar-refractivity contribution in [2.75, 3.05) is 6.61 Å². The molecule has 0 bridgehead atoms. The minimum absolute atomic E-state index is 0.183. The Kier molecular flexibility index (Phi) is 3.41. The number of aliphatic hydroxyl groups excluding tert-OH is 1. The Morgan fingerprint density at radius 1 is 1.55 bits per heavy atom. The van der Waals surface area contributed by atoms with Crippen LogP contribution in [0.1, 0.15) is 47.3 Å². The molecule has 0 saturated carbocycles. The quantitative estimate of drug-likeness (QED) is 0.507. The van der Waals surface area contributed by atoms with Gasteiger partial charge in [0.25, 0.3) is 0 Å². The van der Waals surface area contributed by atoms with Gasteiger partial charge < -0.3 is 9.84 Å². The van der Waals surface area contributed by atoms with Gasteiger partial charge in [-0.1, -0.05) is 13.8 Å². The van der Waals surface area contributed by atoms with Crippen molar-refractivity contribution in [1.29, 1.82) is 0 Å². The van der Waals surface area contributed by atoms with Crippen LogP contribution in [0.3, 0.4) is 0 Å². The van der Waals surface area contributed by atoms with Crippen molar-refractivity contribution < 1.29 is 19.4 Å². The number of ketones is 1. The summed E-state index contributed by atoms with van der Waals surface area (Å²) in [5.74, 6) is -0.825. The van der Waals surface area contributed by atoms with Crippen LogP contribution in [-0.2, 0) is 18.2 Å². The van der Waals surface area contributed by atoms with E-state index in [1.807, 2.05) is 13.8 Å². The van der Waals surface area contributed by atoms with Crippen LogP contribution in [0.25, 0.3) is 0 Å². The zero-order chi connectivity index (χ0) is 15.1. The van der Waals surface area contributed by atoms with Gasteiger partial charge in [-0.05, 0) is 13.3 Å². The number of carbonyl (C=O) groups excluding carboxylic acids is 2. The van der Waals surface area contributed by atoms with Gasteiger partial charge in [-0.25, -0.2) is 4.79 Å². The molecule has 1 aliphatic carbocycles. The molecule has 6 heteroatoms. The van der Waals surface area contributed by atoms with Crippen LogP contribution in [0.4, 0.5) is 0 Å². The number of fused-ring (bicyclic) bond motifs is 1. The van der Waals surface area contributed by atoms with Gasteiger partial charge in [0.05, 0.1) is 12.9 Å². The number of aromatic nitrogens is 2. The molecule has 0 amide bonds. The molecule has 1 aliphatic rings. The molecule has 0 radical (unpaired) electrons. The largest absolute Gasteiger partial charge is 0.515 e. The number of rotatable bonds is 2. The molecule has 0 saturated heterocycles. The Morgan fingerprint density at radius 3 is 2.75 bits per heavy atom. The number of nitrogens with zero attached hydrogens (tertiary/aromatic N) is 2. The Hall–Kier alpha value is -2.11. The first-order chi connectivity index (χ1) is 9.33. The van der Waals surface area contributed by atoms with Gasteiger partial charge in [0.15, 0.2) is 5.69 Å². The molecule has 0 atom stereocenters. The van der Waals surface area contributed by atoms with E-state index >= 15 is 0 Å². The fourth-order valence-corrected chi connectivity index (χ4v) is 2.59. The smallest absolute Gasteiger partial charge is 0.359 e. The molecule has 2 rings (SSSR count). The topological polar surface area (TPSA) is 81.4 Å². The molecule has 1 aromatic rings. The molecular weight excluding hydrogens is 260 g/mol. The number of aliphatic hydroxyl groups is 1. The fraction of sp³-hybridized carbons (Fsp3) is 0.500. The highest BCUT2D eigenvalue weighted by Gasteiger charge is 2.41. The Bertz CT molecular complexity index is 611. The van der Waals surface area contributed by atoms with E-state index in [1.165, 1.54) is 4.68 Å². The van der Waals surface area contributed by atoms with E-state index in [4.69, 9.17) is 4.74 Å². The monoisotopic (exact) mass is 278 g/mol. The van der Waals surface area contributed by atoms with Crippen molar-refractivity contribution >= 4 is 11.8 Å². The van der Waals surface area contributed by atoms with E-state index in [2.05, 4.69) is 5.10 Å². The summed E-state index contributed by atoms with van der Waals surface area (Å²) in [6, 6.07) is 0. The maximum atomic E-state index is 12.4. The summed E-state index contributed by atoms with van der Waals surface area (Å²) in [5.41, 5.74) is 0.883. The van der Waals surface area contributed by atoms with E-state index in [0.717, 1.165) is 6.26 Å². The molecule has 108 valence electrons. The van der Waals surface area contributed by atoms with Crippen LogP contribution < -0.4 is 0 Å². The van der Waals surface area contributed by atoms with Gasteiger partial charge in [-0.15, -0.1) is 0 Å². The minimum Gasteiger partial charge on any atom is -0.515 e. The molecule has 20 heavy (non-hydrogen) atoms. The highest BCUT2D eigenvalue weighted by atomic mass is 16.5. The van der Waals surface area contributed by atoms with Crippen molar-refractivity contribution in [2.24, 2.45) is 12.5 Å². The summed E-state index contributed by atoms with van der Waals surface area (Å²) in [6.45, 7) is 5.66. The summed E-state index contributed by atoms with van der Waals surface area (Å²) in [5, 5.41) is 13.4. The lowest BCUT2D eigenvalue weighted by molar-refractivity contribution is 0.0517. The summed E-state index contributed by atoms with van der Waals surface area (Å²) >= 11 is 0. The van der Waals surface area contributed by atoms with Gasteiger partial charge >= 0.3 is 5.97 Å². The van der Waals surface area contributed by atoms with E-state index in [9.17, 15) is 14.7 Å². The van der Waals surface area contributed by atoms with Gasteiger partial charge in [0.1, 0.15) is 5.69 Å². The lowest BCUT2D eigenvalue weighted by Gasteiger charge is -2.31. The number of carbonyl (C=O) groups is 2. The summed E-state index contributed by atoms with van der Waals surface area (Å²) in [4.78, 5) is 24.4. The van der Waals surface area contributed by atoms with Crippen LogP contribution in [0.2, 0.25) is 0 Å². The van der Waals surface area contributed by atoms with Gasteiger partial charge in [-0.3, -0.25) is 9.48 Å². The zero-order valence-corrected chi connectivity index (χ0v) is 12.1. The first-order valence-electron chi connectivity index (χ1n) is 6.46.